The first-order valence-electron chi connectivity index (χ1n) is 6.69. The Hall–Kier alpha value is -1.23. The van der Waals surface area contributed by atoms with Crippen LogP contribution >= 0.6 is 0 Å². The number of piperidine rings is 1. The number of carbonyl (C=O) groups is 3. The summed E-state index contributed by atoms with van der Waals surface area (Å²) in [6, 6.07) is -0.228. The summed E-state index contributed by atoms with van der Waals surface area (Å²) in [4.78, 5) is 33.1. The van der Waals surface area contributed by atoms with Gasteiger partial charge in [0, 0.05) is 5.41 Å². The zero-order valence-corrected chi connectivity index (χ0v) is 12.3. The van der Waals surface area contributed by atoms with Crippen molar-refractivity contribution in [2.45, 2.75) is 52.5 Å². The third-order valence-electron chi connectivity index (χ3n) is 3.71. The summed E-state index contributed by atoms with van der Waals surface area (Å²) in [5.74, 6) is -0.993. The van der Waals surface area contributed by atoms with Gasteiger partial charge in [0.25, 0.3) is 0 Å². The number of carboxylic acid groups (broad SMARTS) is 1. The summed E-state index contributed by atoms with van der Waals surface area (Å²) in [6.45, 7) is 6.35. The molecule has 5 heteroatoms. The molecule has 0 saturated carbocycles. The van der Waals surface area contributed by atoms with E-state index in [9.17, 15) is 14.4 Å². The lowest BCUT2D eigenvalue weighted by Crippen LogP contribution is -2.41. The van der Waals surface area contributed by atoms with Gasteiger partial charge < -0.3 is 5.11 Å². The molecular weight excluding hydrogens is 246 g/mol. The van der Waals surface area contributed by atoms with Crippen LogP contribution in [0.25, 0.3) is 0 Å². The summed E-state index contributed by atoms with van der Waals surface area (Å²) in [7, 11) is 1.87. The van der Waals surface area contributed by atoms with Gasteiger partial charge in [0.2, 0.25) is 5.78 Å². The second kappa shape index (κ2) is 8.04. The third-order valence-corrected chi connectivity index (χ3v) is 3.71. The highest BCUT2D eigenvalue weighted by Gasteiger charge is 2.25. The van der Waals surface area contributed by atoms with Gasteiger partial charge in [-0.1, -0.05) is 27.2 Å². The van der Waals surface area contributed by atoms with Crippen LogP contribution in [0.15, 0.2) is 0 Å². The number of rotatable bonds is 4. The van der Waals surface area contributed by atoms with E-state index in [-0.39, 0.29) is 11.8 Å². The van der Waals surface area contributed by atoms with E-state index in [1.807, 2.05) is 18.9 Å². The van der Waals surface area contributed by atoms with Crippen LogP contribution in [-0.4, -0.2) is 47.7 Å². The Morgan fingerprint density at radius 2 is 1.95 bits per heavy atom. The van der Waals surface area contributed by atoms with E-state index < -0.39 is 11.4 Å². The van der Waals surface area contributed by atoms with Gasteiger partial charge in [-0.15, -0.1) is 0 Å². The molecule has 1 atom stereocenters. The molecule has 1 heterocycles. The van der Waals surface area contributed by atoms with Gasteiger partial charge in [-0.2, -0.15) is 0 Å². The molecule has 0 aliphatic carbocycles. The van der Waals surface area contributed by atoms with Crippen molar-refractivity contribution in [2.75, 3.05) is 13.6 Å². The summed E-state index contributed by atoms with van der Waals surface area (Å²) in [6.07, 6.45) is 4.11. The molecule has 110 valence electrons. The zero-order chi connectivity index (χ0) is 15.1. The molecule has 1 saturated heterocycles. The number of aldehydes is 1. The molecule has 0 aromatic carbocycles. The molecule has 1 aliphatic heterocycles. The molecule has 1 fully saturated rings. The van der Waals surface area contributed by atoms with Crippen LogP contribution in [0, 0.1) is 5.41 Å². The van der Waals surface area contributed by atoms with Crippen molar-refractivity contribution >= 4 is 18.0 Å². The molecule has 1 rings (SSSR count). The summed E-state index contributed by atoms with van der Waals surface area (Å²) >= 11 is 0. The first-order chi connectivity index (χ1) is 8.76. The fraction of sp³-hybridized carbons (Fsp3) is 0.786. The highest BCUT2D eigenvalue weighted by molar-refractivity contribution is 6.27. The summed E-state index contributed by atoms with van der Waals surface area (Å²) in [5.41, 5.74) is -0.457. The Morgan fingerprint density at radius 1 is 1.37 bits per heavy atom. The van der Waals surface area contributed by atoms with Gasteiger partial charge >= 0.3 is 5.97 Å². The Labute approximate surface area is 115 Å². The quantitative estimate of drug-likeness (QED) is 0.622. The Bertz CT molecular complexity index is 325. The minimum absolute atomic E-state index is 0.228. The van der Waals surface area contributed by atoms with E-state index in [1.54, 1.807) is 13.8 Å². The van der Waals surface area contributed by atoms with E-state index >= 15 is 0 Å². The Balaban J connectivity index is 0.000000344. The summed E-state index contributed by atoms with van der Waals surface area (Å²) in [5, 5.41) is 8.67. The van der Waals surface area contributed by atoms with Crippen molar-refractivity contribution in [3.63, 3.8) is 0 Å². The lowest BCUT2D eigenvalue weighted by Gasteiger charge is -2.28. The fourth-order valence-electron chi connectivity index (χ4n) is 1.72. The van der Waals surface area contributed by atoms with Crippen LogP contribution in [-0.2, 0) is 14.4 Å². The van der Waals surface area contributed by atoms with Crippen molar-refractivity contribution in [2.24, 2.45) is 5.41 Å². The first-order valence-corrected chi connectivity index (χ1v) is 6.69. The number of carboxylic acids is 1. The van der Waals surface area contributed by atoms with Gasteiger partial charge in [0.1, 0.15) is 6.04 Å². The van der Waals surface area contributed by atoms with E-state index in [4.69, 9.17) is 5.11 Å². The SMILES string of the molecule is CCC(C)(C)C(=O)C=O.CN1CCCCC1C(=O)O. The molecular formula is C14H25NO4. The number of aliphatic carboxylic acids is 1. The van der Waals surface area contributed by atoms with Gasteiger partial charge in [-0.05, 0) is 32.9 Å². The zero-order valence-electron chi connectivity index (χ0n) is 12.3. The number of Topliss-reactive ketones (excluding diaryl/α,β-unsaturated/α-hetero) is 1. The van der Waals surface area contributed by atoms with E-state index in [1.165, 1.54) is 0 Å². The molecule has 5 nitrogen and oxygen atoms in total. The predicted octanol–water partition coefficient (Wildman–Crippen LogP) is 1.75. The molecule has 0 bridgehead atoms. The van der Waals surface area contributed by atoms with Crippen LogP contribution in [0.3, 0.4) is 0 Å². The minimum Gasteiger partial charge on any atom is -0.480 e. The van der Waals surface area contributed by atoms with Crippen LogP contribution in [0.2, 0.25) is 0 Å². The number of likely N-dealkylation sites (tertiary alicyclic amines) is 1. The average molecular weight is 271 g/mol. The Morgan fingerprint density at radius 3 is 2.21 bits per heavy atom. The monoisotopic (exact) mass is 271 g/mol. The molecule has 1 N–H and O–H groups in total. The van der Waals surface area contributed by atoms with Gasteiger partial charge in [0.15, 0.2) is 6.29 Å². The fourth-order valence-corrected chi connectivity index (χ4v) is 1.72. The standard InChI is InChI=1S/C7H13NO2.C7H12O2/c1-8-5-3-2-4-6(8)7(9)10;1-4-7(2,3)6(9)5-8/h6H,2-5H2,1H3,(H,9,10);5H,4H2,1-3H3. The number of carbonyl (C=O) groups excluding carboxylic acids is 2. The molecule has 0 aromatic heterocycles. The van der Waals surface area contributed by atoms with Crippen LogP contribution < -0.4 is 0 Å². The van der Waals surface area contributed by atoms with Crippen LogP contribution in [0.4, 0.5) is 0 Å². The first kappa shape index (κ1) is 17.8. The lowest BCUT2D eigenvalue weighted by molar-refractivity contribution is -0.143. The minimum atomic E-state index is -0.679. The number of ketones is 1. The number of nitrogens with zero attached hydrogens (tertiary/aromatic N) is 1. The normalized spacial score (nSPS) is 20.1. The van der Waals surface area contributed by atoms with Gasteiger partial charge in [-0.3, -0.25) is 19.3 Å². The number of likely N-dealkylation sites (N-methyl/N-ethyl adjacent to an activating group) is 1. The van der Waals surface area contributed by atoms with Crippen molar-refractivity contribution in [3.8, 4) is 0 Å². The molecule has 0 amide bonds. The maximum Gasteiger partial charge on any atom is 0.320 e. The molecule has 0 radical (unpaired) electrons. The summed E-state index contributed by atoms with van der Waals surface area (Å²) < 4.78 is 0. The van der Waals surface area contributed by atoms with Crippen LogP contribution in [0.1, 0.15) is 46.5 Å². The molecule has 0 spiro atoms. The molecule has 1 unspecified atom stereocenters. The van der Waals surface area contributed by atoms with Crippen molar-refractivity contribution < 1.29 is 19.5 Å². The van der Waals surface area contributed by atoms with E-state index in [0.717, 1.165) is 25.8 Å². The van der Waals surface area contributed by atoms with Gasteiger partial charge in [0.05, 0.1) is 0 Å². The molecule has 19 heavy (non-hydrogen) atoms. The number of hydrogen-bond acceptors (Lipinski definition) is 4. The van der Waals surface area contributed by atoms with Crippen molar-refractivity contribution in [3.05, 3.63) is 0 Å². The average Bonchev–Trinajstić information content (AvgIpc) is 2.38. The lowest BCUT2D eigenvalue weighted by atomic mass is 9.86. The molecule has 0 aromatic rings. The highest BCUT2D eigenvalue weighted by Crippen LogP contribution is 2.19. The maximum absolute atomic E-state index is 10.7. The van der Waals surface area contributed by atoms with Crippen molar-refractivity contribution in [1.29, 1.82) is 0 Å². The van der Waals surface area contributed by atoms with E-state index in [2.05, 4.69) is 0 Å². The largest absolute Gasteiger partial charge is 0.480 e. The van der Waals surface area contributed by atoms with Crippen molar-refractivity contribution in [1.82, 2.24) is 4.90 Å². The second-order valence-electron chi connectivity index (χ2n) is 5.55. The smallest absolute Gasteiger partial charge is 0.320 e. The predicted molar refractivity (Wildman–Crippen MR) is 73.0 cm³/mol. The highest BCUT2D eigenvalue weighted by atomic mass is 16.4. The van der Waals surface area contributed by atoms with Crippen LogP contribution in [0.5, 0.6) is 0 Å². The number of hydrogen-bond donors (Lipinski definition) is 1. The third kappa shape index (κ3) is 5.96. The Kier molecular flexibility index (Phi) is 7.52. The second-order valence-corrected chi connectivity index (χ2v) is 5.55. The van der Waals surface area contributed by atoms with E-state index in [0.29, 0.717) is 12.7 Å². The van der Waals surface area contributed by atoms with Gasteiger partial charge in [-0.25, -0.2) is 0 Å². The topological polar surface area (TPSA) is 74.7 Å². The molecule has 1 aliphatic rings. The maximum atomic E-state index is 10.7.